The van der Waals surface area contributed by atoms with Gasteiger partial charge in [0.15, 0.2) is 4.90 Å². The van der Waals surface area contributed by atoms with Crippen molar-refractivity contribution in [3.05, 3.63) is 82.8 Å². The first-order valence-corrected chi connectivity index (χ1v) is 13.4. The van der Waals surface area contributed by atoms with Crippen LogP contribution in [0.5, 0.6) is 17.2 Å². The first-order chi connectivity index (χ1) is 18.2. The van der Waals surface area contributed by atoms with E-state index in [0.29, 0.717) is 46.7 Å². The minimum atomic E-state index is -4.46. The molecule has 0 unspecified atom stereocenters. The first kappa shape index (κ1) is 26.9. The second kappa shape index (κ2) is 11.1. The monoisotopic (exact) mass is 538 g/mol. The van der Waals surface area contributed by atoms with Crippen LogP contribution in [-0.4, -0.2) is 37.7 Å². The molecule has 0 aliphatic carbocycles. The Morgan fingerprint density at radius 1 is 0.947 bits per heavy atom. The van der Waals surface area contributed by atoms with Crippen molar-refractivity contribution in [2.75, 3.05) is 14.2 Å². The molecule has 0 saturated heterocycles. The molecule has 8 nitrogen and oxygen atoms in total. The summed E-state index contributed by atoms with van der Waals surface area (Å²) < 4.78 is 51.5. The molecule has 0 radical (unpaired) electrons. The lowest BCUT2D eigenvalue weighted by Gasteiger charge is -2.19. The minimum Gasteiger partial charge on any atom is -0.506 e. The molecule has 198 valence electrons. The van der Waals surface area contributed by atoms with Crippen LogP contribution in [0.15, 0.2) is 75.4 Å². The Bertz CT molecular complexity index is 1590. The maximum absolute atomic E-state index is 13.7. The van der Waals surface area contributed by atoms with Crippen molar-refractivity contribution in [2.45, 2.75) is 36.0 Å². The van der Waals surface area contributed by atoms with Crippen LogP contribution in [0.2, 0.25) is 0 Å². The molecule has 0 fully saturated rings. The summed E-state index contributed by atoms with van der Waals surface area (Å²) in [4.78, 5) is 18.5. The smallest absolute Gasteiger partial charge is 0.271 e. The summed E-state index contributed by atoms with van der Waals surface area (Å²) in [5.74, 6) is -0.642. The number of H-pyrrole nitrogens is 1. The lowest BCUT2D eigenvalue weighted by Crippen LogP contribution is -2.21. The number of aromatic nitrogens is 2. The Morgan fingerprint density at radius 2 is 1.58 bits per heavy atom. The zero-order valence-corrected chi connectivity index (χ0v) is 21.9. The number of unbranched alkanes of at least 4 members (excludes halogenated alkanes) is 1. The van der Waals surface area contributed by atoms with E-state index in [1.54, 1.807) is 18.2 Å². The maximum atomic E-state index is 13.7. The van der Waals surface area contributed by atoms with Gasteiger partial charge in [-0.2, -0.15) is 4.39 Å². The van der Waals surface area contributed by atoms with Crippen LogP contribution in [0.1, 0.15) is 25.5 Å². The van der Waals surface area contributed by atoms with E-state index in [1.165, 1.54) is 56.8 Å². The second-order valence-electron chi connectivity index (χ2n) is 8.52. The highest BCUT2D eigenvalue weighted by Gasteiger charge is 2.31. The van der Waals surface area contributed by atoms with Gasteiger partial charge in [0.05, 0.1) is 30.2 Å². The van der Waals surface area contributed by atoms with Crippen LogP contribution in [-0.2, 0) is 16.3 Å². The zero-order chi connectivity index (χ0) is 27.4. The summed E-state index contributed by atoms with van der Waals surface area (Å²) in [7, 11) is -1.57. The first-order valence-electron chi connectivity index (χ1n) is 11.9. The quantitative estimate of drug-likeness (QED) is 0.283. The highest BCUT2D eigenvalue weighted by molar-refractivity contribution is 7.91. The third-order valence-corrected chi connectivity index (χ3v) is 7.99. The lowest BCUT2D eigenvalue weighted by molar-refractivity contribution is 0.395. The third-order valence-electron chi connectivity index (χ3n) is 6.18. The van der Waals surface area contributed by atoms with Gasteiger partial charge < -0.3 is 19.6 Å². The molecule has 2 heterocycles. The van der Waals surface area contributed by atoms with Crippen LogP contribution in [0.25, 0.3) is 22.3 Å². The van der Waals surface area contributed by atoms with Crippen LogP contribution < -0.4 is 15.0 Å². The number of hydrogen-bond acceptors (Lipinski definition) is 7. The van der Waals surface area contributed by atoms with Crippen LogP contribution in [0.3, 0.4) is 0 Å². The van der Waals surface area contributed by atoms with Gasteiger partial charge in [-0.25, -0.2) is 13.4 Å². The predicted molar refractivity (Wildman–Crippen MR) is 141 cm³/mol. The van der Waals surface area contributed by atoms with Gasteiger partial charge in [-0.1, -0.05) is 31.5 Å². The van der Waals surface area contributed by atoms with Gasteiger partial charge in [-0.05, 0) is 54.8 Å². The molecule has 2 aromatic carbocycles. The Hall–Kier alpha value is -4.18. The number of methoxy groups -OCH3 is 2. The van der Waals surface area contributed by atoms with Crippen molar-refractivity contribution >= 4 is 9.84 Å². The Morgan fingerprint density at radius 3 is 2.13 bits per heavy atom. The van der Waals surface area contributed by atoms with Gasteiger partial charge in [-0.15, -0.1) is 0 Å². The summed E-state index contributed by atoms with van der Waals surface area (Å²) in [5, 5.41) is 11.4. The van der Waals surface area contributed by atoms with E-state index in [1.807, 2.05) is 6.92 Å². The molecule has 0 spiro atoms. The SMILES string of the molecule is CCCCc1[nH]c(=O)c(S(=O)(=O)c2ccc(-c3ccc(F)nc3)cc2)c(O)c1-c1c(OC)cccc1OC. The largest absolute Gasteiger partial charge is 0.506 e. The van der Waals surface area contributed by atoms with E-state index >= 15 is 0 Å². The topological polar surface area (TPSA) is 119 Å². The van der Waals surface area contributed by atoms with Crippen molar-refractivity contribution in [1.82, 2.24) is 9.97 Å². The fraction of sp³-hybridized carbons (Fsp3) is 0.214. The summed E-state index contributed by atoms with van der Waals surface area (Å²) in [6, 6.07) is 13.4. The molecular weight excluding hydrogens is 511 g/mol. The van der Waals surface area contributed by atoms with Crippen molar-refractivity contribution in [2.24, 2.45) is 0 Å². The summed E-state index contributed by atoms with van der Waals surface area (Å²) in [6.07, 6.45) is 3.21. The van der Waals surface area contributed by atoms with E-state index in [2.05, 4.69) is 9.97 Å². The van der Waals surface area contributed by atoms with Crippen LogP contribution >= 0.6 is 0 Å². The van der Waals surface area contributed by atoms with Crippen molar-refractivity contribution < 1.29 is 27.4 Å². The fourth-order valence-corrected chi connectivity index (χ4v) is 5.65. The van der Waals surface area contributed by atoms with E-state index < -0.39 is 32.0 Å². The zero-order valence-electron chi connectivity index (χ0n) is 21.1. The molecular formula is C28H27FN2O6S. The molecule has 2 aromatic heterocycles. The average molecular weight is 539 g/mol. The standard InChI is InChI=1S/C28H27FN2O6S/c1-4-5-7-20-24(25-21(36-2)8-6-9-22(25)37-3)26(32)27(28(33)31-20)38(34,35)19-13-10-17(11-14-19)18-12-15-23(29)30-16-18/h6,8-16H,4-5,7H2,1-3H3,(H2,31,32,33). The van der Waals surface area contributed by atoms with Crippen molar-refractivity contribution in [3.63, 3.8) is 0 Å². The Kier molecular flexibility index (Phi) is 7.82. The molecule has 0 aliphatic rings. The molecule has 0 saturated carbocycles. The Labute approximate surface area is 219 Å². The summed E-state index contributed by atoms with van der Waals surface area (Å²) in [5.41, 5.74) is 1.08. The molecule has 10 heteroatoms. The number of sulfone groups is 1. The minimum absolute atomic E-state index is 0.125. The number of pyridine rings is 2. The number of rotatable bonds is 9. The highest BCUT2D eigenvalue weighted by atomic mass is 32.2. The van der Waals surface area contributed by atoms with Gasteiger partial charge in [0.2, 0.25) is 15.8 Å². The van der Waals surface area contributed by atoms with Crippen LogP contribution in [0.4, 0.5) is 4.39 Å². The number of nitrogens with one attached hydrogen (secondary N) is 1. The van der Waals surface area contributed by atoms with Gasteiger partial charge >= 0.3 is 0 Å². The second-order valence-corrected chi connectivity index (χ2v) is 10.4. The molecule has 2 N–H and O–H groups in total. The molecule has 4 aromatic rings. The Balaban J connectivity index is 1.92. The molecule has 0 aliphatic heterocycles. The van der Waals surface area contributed by atoms with E-state index in [0.717, 1.165) is 6.42 Å². The van der Waals surface area contributed by atoms with E-state index in [4.69, 9.17) is 9.47 Å². The van der Waals surface area contributed by atoms with Gasteiger partial charge in [0.25, 0.3) is 5.56 Å². The lowest BCUT2D eigenvalue weighted by atomic mass is 9.98. The molecule has 38 heavy (non-hydrogen) atoms. The van der Waals surface area contributed by atoms with Gasteiger partial charge in [0.1, 0.15) is 17.2 Å². The molecule has 0 amide bonds. The van der Waals surface area contributed by atoms with Crippen molar-refractivity contribution in [1.29, 1.82) is 0 Å². The number of aryl methyl sites for hydroxylation is 1. The number of aromatic hydroxyl groups is 1. The molecule has 4 rings (SSSR count). The summed E-state index contributed by atoms with van der Waals surface area (Å²) in [6.45, 7) is 1.98. The maximum Gasteiger partial charge on any atom is 0.271 e. The fourth-order valence-electron chi connectivity index (χ4n) is 4.27. The number of nitrogens with zero attached hydrogens (tertiary/aromatic N) is 1. The highest BCUT2D eigenvalue weighted by Crippen LogP contribution is 2.46. The normalized spacial score (nSPS) is 11.4. The van der Waals surface area contributed by atoms with Gasteiger partial charge in [0, 0.05) is 17.5 Å². The van der Waals surface area contributed by atoms with E-state index in [-0.39, 0.29) is 10.5 Å². The number of aromatic amines is 1. The number of hydrogen-bond donors (Lipinski definition) is 2. The predicted octanol–water partition coefficient (Wildman–Crippen LogP) is 5.14. The number of benzene rings is 2. The number of ether oxygens (including phenoxy) is 2. The van der Waals surface area contributed by atoms with E-state index in [9.17, 15) is 22.7 Å². The summed E-state index contributed by atoms with van der Waals surface area (Å²) >= 11 is 0. The third kappa shape index (κ3) is 4.99. The van der Waals surface area contributed by atoms with Crippen LogP contribution in [0, 0.1) is 5.95 Å². The average Bonchev–Trinajstić information content (AvgIpc) is 2.91. The van der Waals surface area contributed by atoms with Gasteiger partial charge in [-0.3, -0.25) is 4.79 Å². The molecule has 0 bridgehead atoms. The van der Waals surface area contributed by atoms with Crippen molar-refractivity contribution in [3.8, 4) is 39.5 Å². The number of halogens is 1. The molecule has 0 atom stereocenters.